The van der Waals surface area contributed by atoms with Crippen molar-refractivity contribution in [3.8, 4) is 11.6 Å². The number of aromatic nitrogens is 2. The van der Waals surface area contributed by atoms with Crippen LogP contribution in [-0.2, 0) is 17.6 Å². The molecular formula is C19H24N4O2. The minimum absolute atomic E-state index is 0.0492. The normalized spacial score (nSPS) is 12.6. The van der Waals surface area contributed by atoms with Gasteiger partial charge in [-0.25, -0.2) is 0 Å². The smallest absolute Gasteiger partial charge is 0.239 e. The summed E-state index contributed by atoms with van der Waals surface area (Å²) in [6.45, 7) is 2.86. The fourth-order valence-corrected chi connectivity index (χ4v) is 2.88. The van der Waals surface area contributed by atoms with Crippen LogP contribution in [0.5, 0.6) is 11.6 Å². The molecular weight excluding hydrogens is 316 g/mol. The number of likely N-dealkylation sites (N-methyl/N-ethyl adjacent to an activating group) is 2. The monoisotopic (exact) mass is 340 g/mol. The Kier molecular flexibility index (Phi) is 5.16. The van der Waals surface area contributed by atoms with Crippen molar-refractivity contribution in [1.29, 1.82) is 0 Å². The van der Waals surface area contributed by atoms with E-state index in [1.54, 1.807) is 31.3 Å². The van der Waals surface area contributed by atoms with Crippen molar-refractivity contribution in [1.82, 2.24) is 14.9 Å². The van der Waals surface area contributed by atoms with Crippen LogP contribution >= 0.6 is 0 Å². The molecule has 0 bridgehead atoms. The second kappa shape index (κ2) is 7.51. The predicted octanol–water partition coefficient (Wildman–Crippen LogP) is 2.67. The number of carbonyl (C=O) groups is 1. The zero-order chi connectivity index (χ0) is 17.8. The first-order valence-corrected chi connectivity index (χ1v) is 8.57. The quantitative estimate of drug-likeness (QED) is 0.809. The van der Waals surface area contributed by atoms with Gasteiger partial charge >= 0.3 is 0 Å². The van der Waals surface area contributed by atoms with Crippen LogP contribution in [0.4, 0.5) is 5.82 Å². The maximum absolute atomic E-state index is 11.3. The number of carbonyl (C=O) groups excluding carboxylic acids is 1. The molecule has 1 aromatic heterocycles. The topological polar surface area (TPSA) is 58.6 Å². The number of aryl methyl sites for hydroxylation is 2. The zero-order valence-electron chi connectivity index (χ0n) is 15.0. The van der Waals surface area contributed by atoms with Gasteiger partial charge in [0, 0.05) is 34.1 Å². The molecule has 6 nitrogen and oxygen atoms in total. The summed E-state index contributed by atoms with van der Waals surface area (Å²) in [7, 11) is 3.71. The van der Waals surface area contributed by atoms with Gasteiger partial charge in [-0.15, -0.1) is 0 Å². The number of ether oxygens (including phenoxy) is 1. The molecule has 0 N–H and O–H groups in total. The van der Waals surface area contributed by atoms with E-state index in [4.69, 9.17) is 4.74 Å². The summed E-state index contributed by atoms with van der Waals surface area (Å²) >= 11 is 0. The highest BCUT2D eigenvalue weighted by Crippen LogP contribution is 2.28. The van der Waals surface area contributed by atoms with Crippen molar-refractivity contribution >= 4 is 11.7 Å². The van der Waals surface area contributed by atoms with Crippen molar-refractivity contribution in [2.75, 3.05) is 32.1 Å². The molecule has 0 saturated carbocycles. The van der Waals surface area contributed by atoms with Crippen LogP contribution in [-0.4, -0.2) is 48.0 Å². The lowest BCUT2D eigenvalue weighted by Crippen LogP contribution is -2.33. The SMILES string of the molecule is CC(=O)N(C)CCN(C)c1cncc(Oc2ccc3c(c2)CCC3)n1. The Labute approximate surface area is 148 Å². The molecule has 1 aromatic carbocycles. The Balaban J connectivity index is 1.66. The summed E-state index contributed by atoms with van der Waals surface area (Å²) < 4.78 is 5.89. The summed E-state index contributed by atoms with van der Waals surface area (Å²) in [6.07, 6.45) is 6.80. The second-order valence-electron chi connectivity index (χ2n) is 6.46. The van der Waals surface area contributed by atoms with Crippen LogP contribution in [0.1, 0.15) is 24.5 Å². The fourth-order valence-electron chi connectivity index (χ4n) is 2.88. The van der Waals surface area contributed by atoms with Crippen LogP contribution in [0.25, 0.3) is 0 Å². The molecule has 0 unspecified atom stereocenters. The molecule has 132 valence electrons. The third-order valence-corrected chi connectivity index (χ3v) is 4.59. The summed E-state index contributed by atoms with van der Waals surface area (Å²) in [6, 6.07) is 6.23. The van der Waals surface area contributed by atoms with Crippen LogP contribution in [0.3, 0.4) is 0 Å². The summed E-state index contributed by atoms with van der Waals surface area (Å²) in [5.41, 5.74) is 2.78. The summed E-state index contributed by atoms with van der Waals surface area (Å²) in [5.74, 6) is 2.04. The lowest BCUT2D eigenvalue weighted by Gasteiger charge is -2.22. The van der Waals surface area contributed by atoms with Crippen LogP contribution in [0.2, 0.25) is 0 Å². The highest BCUT2D eigenvalue weighted by atomic mass is 16.5. The fraction of sp³-hybridized carbons (Fsp3) is 0.421. The van der Waals surface area contributed by atoms with Crippen LogP contribution in [0, 0.1) is 0 Å². The summed E-state index contributed by atoms with van der Waals surface area (Å²) in [4.78, 5) is 23.7. The molecule has 3 rings (SSSR count). The van der Waals surface area contributed by atoms with Gasteiger partial charge in [0.25, 0.3) is 0 Å². The predicted molar refractivity (Wildman–Crippen MR) is 97.2 cm³/mol. The molecule has 1 amide bonds. The van der Waals surface area contributed by atoms with Crippen molar-refractivity contribution in [3.63, 3.8) is 0 Å². The van der Waals surface area contributed by atoms with Crippen molar-refractivity contribution in [3.05, 3.63) is 41.7 Å². The Hall–Kier alpha value is -2.63. The molecule has 0 fully saturated rings. The van der Waals surface area contributed by atoms with E-state index >= 15 is 0 Å². The van der Waals surface area contributed by atoms with E-state index in [0.717, 1.165) is 24.4 Å². The minimum Gasteiger partial charge on any atom is -0.437 e. The number of benzene rings is 1. The number of rotatable bonds is 6. The molecule has 1 aliphatic carbocycles. The number of nitrogens with zero attached hydrogens (tertiary/aromatic N) is 4. The van der Waals surface area contributed by atoms with E-state index in [-0.39, 0.29) is 5.91 Å². The van der Waals surface area contributed by atoms with Crippen LogP contribution < -0.4 is 9.64 Å². The van der Waals surface area contributed by atoms with Gasteiger partial charge in [-0.2, -0.15) is 4.98 Å². The van der Waals surface area contributed by atoms with E-state index in [0.29, 0.717) is 19.0 Å². The molecule has 0 spiro atoms. The maximum Gasteiger partial charge on any atom is 0.239 e. The minimum atomic E-state index is 0.0492. The molecule has 0 saturated heterocycles. The van der Waals surface area contributed by atoms with Gasteiger partial charge in [-0.05, 0) is 42.5 Å². The lowest BCUT2D eigenvalue weighted by molar-refractivity contribution is -0.127. The first-order valence-electron chi connectivity index (χ1n) is 8.57. The van der Waals surface area contributed by atoms with Gasteiger partial charge in [0.05, 0.1) is 12.4 Å². The third kappa shape index (κ3) is 4.26. The van der Waals surface area contributed by atoms with Gasteiger partial charge in [0.2, 0.25) is 11.8 Å². The molecule has 1 heterocycles. The molecule has 6 heteroatoms. The van der Waals surface area contributed by atoms with Gasteiger partial charge in [0.1, 0.15) is 5.75 Å². The van der Waals surface area contributed by atoms with Crippen molar-refractivity contribution < 1.29 is 9.53 Å². The summed E-state index contributed by atoms with van der Waals surface area (Å²) in [5, 5.41) is 0. The zero-order valence-corrected chi connectivity index (χ0v) is 15.0. The Morgan fingerprint density at radius 3 is 2.76 bits per heavy atom. The highest BCUT2D eigenvalue weighted by Gasteiger charge is 2.13. The second-order valence-corrected chi connectivity index (χ2v) is 6.46. The van der Waals surface area contributed by atoms with Gasteiger partial charge in [0.15, 0.2) is 5.82 Å². The third-order valence-electron chi connectivity index (χ3n) is 4.59. The van der Waals surface area contributed by atoms with Gasteiger partial charge in [-0.1, -0.05) is 6.07 Å². The molecule has 1 aliphatic rings. The van der Waals surface area contributed by atoms with E-state index in [1.165, 1.54) is 17.5 Å². The molecule has 0 radical (unpaired) electrons. The molecule has 2 aromatic rings. The van der Waals surface area contributed by atoms with Crippen molar-refractivity contribution in [2.24, 2.45) is 0 Å². The van der Waals surface area contributed by atoms with E-state index in [9.17, 15) is 4.79 Å². The average molecular weight is 340 g/mol. The largest absolute Gasteiger partial charge is 0.437 e. The molecule has 0 aliphatic heterocycles. The average Bonchev–Trinajstić information content (AvgIpc) is 3.07. The Bertz CT molecular complexity index is 763. The molecule has 25 heavy (non-hydrogen) atoms. The number of fused-ring (bicyclic) bond motifs is 1. The Morgan fingerprint density at radius 2 is 1.96 bits per heavy atom. The van der Waals surface area contributed by atoms with Gasteiger partial charge < -0.3 is 14.5 Å². The maximum atomic E-state index is 11.3. The number of anilines is 1. The first-order chi connectivity index (χ1) is 12.0. The lowest BCUT2D eigenvalue weighted by atomic mass is 10.1. The number of hydrogen-bond donors (Lipinski definition) is 0. The molecule has 0 atom stereocenters. The number of amides is 1. The first kappa shape index (κ1) is 17.2. The van der Waals surface area contributed by atoms with E-state index in [1.807, 2.05) is 18.0 Å². The van der Waals surface area contributed by atoms with E-state index in [2.05, 4.69) is 22.1 Å². The Morgan fingerprint density at radius 1 is 1.16 bits per heavy atom. The standard InChI is InChI=1S/C19H24N4O2/c1-14(24)22(2)9-10-23(3)18-12-20-13-19(21-18)25-17-8-7-15-5-4-6-16(15)11-17/h7-8,11-13H,4-6,9-10H2,1-3H3. The highest BCUT2D eigenvalue weighted by molar-refractivity contribution is 5.72. The number of hydrogen-bond acceptors (Lipinski definition) is 5. The van der Waals surface area contributed by atoms with Gasteiger partial charge in [-0.3, -0.25) is 9.78 Å². The van der Waals surface area contributed by atoms with Crippen LogP contribution in [0.15, 0.2) is 30.6 Å². The van der Waals surface area contributed by atoms with E-state index < -0.39 is 0 Å². The van der Waals surface area contributed by atoms with Crippen molar-refractivity contribution in [2.45, 2.75) is 26.2 Å².